The maximum atomic E-state index is 11.8. The number of nitrogens with one attached hydrogen (secondary N) is 2. The lowest BCUT2D eigenvalue weighted by atomic mass is 10.2. The van der Waals surface area contributed by atoms with Gasteiger partial charge >= 0.3 is 12.2 Å². The van der Waals surface area contributed by atoms with Crippen molar-refractivity contribution in [2.45, 2.75) is 0 Å². The molecule has 0 fully saturated rings. The van der Waals surface area contributed by atoms with E-state index in [9.17, 15) is 19.2 Å². The zero-order valence-electron chi connectivity index (χ0n) is 14.2. The van der Waals surface area contributed by atoms with Gasteiger partial charge in [0.25, 0.3) is 11.8 Å². The first-order valence-corrected chi connectivity index (χ1v) is 8.58. The summed E-state index contributed by atoms with van der Waals surface area (Å²) in [6.45, 7) is -0.634. The number of hydrogen-bond acceptors (Lipinski definition) is 6. The minimum atomic E-state index is -1.01. The van der Waals surface area contributed by atoms with Crippen LogP contribution in [0.4, 0.5) is 9.59 Å². The molecule has 0 aliphatic rings. The molecule has 0 aliphatic heterocycles. The molecule has 0 unspecified atom stereocenters. The first kappa shape index (κ1) is 21.2. The van der Waals surface area contributed by atoms with Crippen molar-refractivity contribution in [3.63, 3.8) is 0 Å². The second-order valence-electron chi connectivity index (χ2n) is 5.19. The quantitative estimate of drug-likeness (QED) is 0.711. The molecule has 0 saturated heterocycles. The van der Waals surface area contributed by atoms with Crippen molar-refractivity contribution in [1.29, 1.82) is 0 Å². The van der Waals surface area contributed by atoms with Crippen LogP contribution < -0.4 is 10.6 Å². The van der Waals surface area contributed by atoms with E-state index in [-0.39, 0.29) is 24.3 Å². The van der Waals surface area contributed by atoms with Gasteiger partial charge in [-0.05, 0) is 48.5 Å². The Morgan fingerprint density at radius 2 is 0.964 bits per heavy atom. The highest BCUT2D eigenvalue weighted by Crippen LogP contribution is 2.10. The van der Waals surface area contributed by atoms with Crippen LogP contribution in [0.25, 0.3) is 0 Å². The number of hydrogen-bond donors (Lipinski definition) is 2. The third-order valence-electron chi connectivity index (χ3n) is 3.19. The van der Waals surface area contributed by atoms with E-state index in [0.717, 1.165) is 0 Å². The van der Waals surface area contributed by atoms with Gasteiger partial charge in [-0.2, -0.15) is 0 Å². The number of alkyl carbamates (subject to hydrolysis) is 2. The highest BCUT2D eigenvalue weighted by Gasteiger charge is 2.13. The lowest BCUT2D eigenvalue weighted by Crippen LogP contribution is -2.33. The van der Waals surface area contributed by atoms with E-state index in [4.69, 9.17) is 32.7 Å². The molecule has 0 aromatic heterocycles. The van der Waals surface area contributed by atoms with Crippen LogP contribution in [0.5, 0.6) is 0 Å². The summed E-state index contributed by atoms with van der Waals surface area (Å²) in [5.41, 5.74) is 0.440. The molecule has 2 aromatic rings. The molecule has 0 aliphatic carbocycles. The Labute approximate surface area is 169 Å². The molecule has 0 atom stereocenters. The van der Waals surface area contributed by atoms with Crippen molar-refractivity contribution >= 4 is 47.2 Å². The second-order valence-corrected chi connectivity index (χ2v) is 6.07. The number of halogens is 2. The summed E-state index contributed by atoms with van der Waals surface area (Å²) in [6, 6.07) is 11.8. The first-order valence-electron chi connectivity index (χ1n) is 7.82. The third-order valence-corrected chi connectivity index (χ3v) is 3.70. The normalized spacial score (nSPS) is 9.93. The van der Waals surface area contributed by atoms with E-state index < -0.39 is 24.0 Å². The molecule has 28 heavy (non-hydrogen) atoms. The molecule has 10 heteroatoms. The number of amides is 4. The average Bonchev–Trinajstić information content (AvgIpc) is 2.66. The molecular formula is C18H14Cl2N2O6. The van der Waals surface area contributed by atoms with Crippen LogP contribution in [0.3, 0.4) is 0 Å². The molecule has 2 rings (SSSR count). The van der Waals surface area contributed by atoms with Crippen LogP contribution in [0.1, 0.15) is 20.7 Å². The Hall–Kier alpha value is -3.10. The lowest BCUT2D eigenvalue weighted by Gasteiger charge is -2.08. The van der Waals surface area contributed by atoms with Crippen molar-refractivity contribution in [2.75, 3.05) is 13.2 Å². The Kier molecular flexibility index (Phi) is 7.79. The lowest BCUT2D eigenvalue weighted by molar-refractivity contribution is 0.0794. The number of rotatable bonds is 5. The van der Waals surface area contributed by atoms with Crippen molar-refractivity contribution in [2.24, 2.45) is 0 Å². The van der Waals surface area contributed by atoms with Gasteiger partial charge in [-0.3, -0.25) is 20.2 Å². The SMILES string of the molecule is O=C(NC(=O)c1ccc(Cl)cc1)OCCOC(=O)NC(=O)c1ccc(Cl)cc1. The van der Waals surface area contributed by atoms with Crippen molar-refractivity contribution in [3.05, 3.63) is 69.7 Å². The van der Waals surface area contributed by atoms with Crippen LogP contribution >= 0.6 is 23.2 Å². The fourth-order valence-corrected chi connectivity index (χ4v) is 2.13. The third kappa shape index (κ3) is 6.90. The summed E-state index contributed by atoms with van der Waals surface area (Å²) < 4.78 is 9.42. The fourth-order valence-electron chi connectivity index (χ4n) is 1.87. The minimum Gasteiger partial charge on any atom is -0.446 e. The molecule has 0 spiro atoms. The summed E-state index contributed by atoms with van der Waals surface area (Å²) in [5, 5.41) is 4.89. The van der Waals surface area contributed by atoms with Crippen molar-refractivity contribution in [3.8, 4) is 0 Å². The van der Waals surface area contributed by atoms with Gasteiger partial charge in [-0.25, -0.2) is 9.59 Å². The van der Waals surface area contributed by atoms with E-state index in [2.05, 4.69) is 0 Å². The topological polar surface area (TPSA) is 111 Å². The first-order chi connectivity index (χ1) is 13.3. The van der Waals surface area contributed by atoms with Crippen LogP contribution in [0.15, 0.2) is 48.5 Å². The largest absolute Gasteiger partial charge is 0.446 e. The van der Waals surface area contributed by atoms with Gasteiger partial charge in [0.15, 0.2) is 0 Å². The maximum absolute atomic E-state index is 11.8. The average molecular weight is 425 g/mol. The summed E-state index contributed by atoms with van der Waals surface area (Å²) in [6.07, 6.45) is -2.03. The fraction of sp³-hybridized carbons (Fsp3) is 0.111. The molecular weight excluding hydrogens is 411 g/mol. The molecule has 8 nitrogen and oxygen atoms in total. The number of imide groups is 2. The van der Waals surface area contributed by atoms with Gasteiger partial charge in [0.1, 0.15) is 13.2 Å². The van der Waals surface area contributed by atoms with E-state index in [1.165, 1.54) is 48.5 Å². The summed E-state index contributed by atoms with van der Waals surface area (Å²) in [5.74, 6) is -1.34. The molecule has 4 amide bonds. The smallest absolute Gasteiger partial charge is 0.414 e. The number of benzene rings is 2. The predicted molar refractivity (Wildman–Crippen MR) is 101 cm³/mol. The predicted octanol–water partition coefficient (Wildman–Crippen LogP) is 3.43. The Balaban J connectivity index is 1.66. The monoisotopic (exact) mass is 424 g/mol. The van der Waals surface area contributed by atoms with Gasteiger partial charge in [0.05, 0.1) is 0 Å². The van der Waals surface area contributed by atoms with Gasteiger partial charge in [0.2, 0.25) is 0 Å². The zero-order valence-corrected chi connectivity index (χ0v) is 15.8. The van der Waals surface area contributed by atoms with Crippen LogP contribution in [-0.4, -0.2) is 37.2 Å². The molecule has 146 valence electrons. The molecule has 0 heterocycles. The van der Waals surface area contributed by atoms with Gasteiger partial charge in [-0.15, -0.1) is 0 Å². The van der Waals surface area contributed by atoms with E-state index in [0.29, 0.717) is 10.0 Å². The minimum absolute atomic E-state index is 0.220. The molecule has 0 saturated carbocycles. The van der Waals surface area contributed by atoms with Crippen molar-refractivity contribution in [1.82, 2.24) is 10.6 Å². The molecule has 0 bridgehead atoms. The highest BCUT2D eigenvalue weighted by atomic mass is 35.5. The molecule has 0 radical (unpaired) electrons. The second kappa shape index (κ2) is 10.3. The Morgan fingerprint density at radius 3 is 1.29 bits per heavy atom. The standard InChI is InChI=1S/C18H14Cl2N2O6/c19-13-5-1-11(2-6-13)15(23)21-17(25)27-9-10-28-18(26)22-16(24)12-3-7-14(20)8-4-12/h1-8H,9-10H2,(H,21,23,25)(H,22,24,26). The van der Waals surface area contributed by atoms with E-state index >= 15 is 0 Å². The van der Waals surface area contributed by atoms with Gasteiger partial charge < -0.3 is 9.47 Å². The highest BCUT2D eigenvalue weighted by molar-refractivity contribution is 6.31. The number of carbonyl (C=O) groups is 4. The van der Waals surface area contributed by atoms with Gasteiger partial charge in [0, 0.05) is 21.2 Å². The summed E-state index contributed by atoms with van der Waals surface area (Å²) in [7, 11) is 0. The van der Waals surface area contributed by atoms with E-state index in [1.54, 1.807) is 0 Å². The number of ether oxygens (including phenoxy) is 2. The number of carbonyl (C=O) groups excluding carboxylic acids is 4. The van der Waals surface area contributed by atoms with Crippen molar-refractivity contribution < 1.29 is 28.7 Å². The maximum Gasteiger partial charge on any atom is 0.414 e. The molecule has 2 N–H and O–H groups in total. The van der Waals surface area contributed by atoms with E-state index in [1.807, 2.05) is 10.6 Å². The Bertz CT molecular complexity index is 795. The van der Waals surface area contributed by atoms with Gasteiger partial charge in [-0.1, -0.05) is 23.2 Å². The van der Waals surface area contributed by atoms with Crippen LogP contribution in [-0.2, 0) is 9.47 Å². The zero-order chi connectivity index (χ0) is 20.5. The van der Waals surface area contributed by atoms with Crippen LogP contribution in [0, 0.1) is 0 Å². The summed E-state index contributed by atoms with van der Waals surface area (Å²) in [4.78, 5) is 46.6. The summed E-state index contributed by atoms with van der Waals surface area (Å²) >= 11 is 11.4. The Morgan fingerprint density at radius 1 is 0.643 bits per heavy atom. The van der Waals surface area contributed by atoms with Crippen LogP contribution in [0.2, 0.25) is 10.0 Å². The molecule has 2 aromatic carbocycles.